The van der Waals surface area contributed by atoms with Crippen molar-refractivity contribution in [2.45, 2.75) is 40.9 Å². The second-order valence-electron chi connectivity index (χ2n) is 5.68. The molecule has 2 aliphatic rings. The second-order valence-corrected chi connectivity index (χ2v) is 16.4. The topological polar surface area (TPSA) is 12.4 Å². The molecule has 2 heteroatoms. The summed E-state index contributed by atoms with van der Waals surface area (Å²) in [7, 11) is 0. The zero-order chi connectivity index (χ0) is 12.6. The summed E-state index contributed by atoms with van der Waals surface area (Å²) in [4.78, 5) is 4.98. The standard InChI is InChI=1S/C16H21GeN/c1-3-17(4-2)11-14-10-15(18-16(14)12-17)13-8-6-5-7-9-13/h5-10,15H,3-4,11-12H2,1-2H3. The van der Waals surface area contributed by atoms with Gasteiger partial charge in [0.05, 0.1) is 0 Å². The van der Waals surface area contributed by atoms with Gasteiger partial charge >= 0.3 is 112 Å². The van der Waals surface area contributed by atoms with Crippen molar-refractivity contribution in [1.29, 1.82) is 0 Å². The SMILES string of the molecule is C[CH2][Ge]1([CH2]C)[CH2]C2=CC(c3ccccc3)N=C2[CH2]1. The molecule has 1 fully saturated rings. The fourth-order valence-electron chi connectivity index (χ4n) is 3.29. The Morgan fingerprint density at radius 3 is 2.44 bits per heavy atom. The number of hydrogen-bond acceptors (Lipinski definition) is 1. The molecule has 0 saturated carbocycles. The van der Waals surface area contributed by atoms with Crippen molar-refractivity contribution in [3.05, 3.63) is 47.5 Å². The van der Waals surface area contributed by atoms with E-state index in [9.17, 15) is 0 Å². The molecule has 2 aliphatic heterocycles. The van der Waals surface area contributed by atoms with Crippen LogP contribution in [0.2, 0.25) is 21.0 Å². The van der Waals surface area contributed by atoms with E-state index in [1.807, 2.05) is 0 Å². The van der Waals surface area contributed by atoms with Crippen molar-refractivity contribution in [3.8, 4) is 0 Å². The Labute approximate surface area is 112 Å². The fraction of sp³-hybridized carbons (Fsp3) is 0.438. The third kappa shape index (κ3) is 1.99. The number of nitrogens with zero attached hydrogens (tertiary/aromatic N) is 1. The average molecular weight is 300 g/mol. The van der Waals surface area contributed by atoms with Crippen LogP contribution >= 0.6 is 0 Å². The molecule has 0 aliphatic carbocycles. The maximum atomic E-state index is 4.98. The number of hydrogen-bond donors (Lipinski definition) is 0. The maximum absolute atomic E-state index is 4.98. The molecule has 0 radical (unpaired) electrons. The van der Waals surface area contributed by atoms with E-state index >= 15 is 0 Å². The molecule has 1 aromatic carbocycles. The molecule has 1 atom stereocenters. The van der Waals surface area contributed by atoms with Gasteiger partial charge in [-0.2, -0.15) is 0 Å². The molecule has 3 rings (SSSR count). The van der Waals surface area contributed by atoms with Gasteiger partial charge in [-0.1, -0.05) is 0 Å². The first-order chi connectivity index (χ1) is 8.76. The molecule has 0 N–H and O–H groups in total. The molecular weight excluding hydrogens is 279 g/mol. The molecule has 0 aromatic heterocycles. The summed E-state index contributed by atoms with van der Waals surface area (Å²) in [6, 6.07) is 11.0. The van der Waals surface area contributed by atoms with Crippen LogP contribution in [0.15, 0.2) is 47.0 Å². The summed E-state index contributed by atoms with van der Waals surface area (Å²) in [6.45, 7) is 4.81. The molecule has 0 spiro atoms. The number of rotatable bonds is 3. The zero-order valence-electron chi connectivity index (χ0n) is 11.3. The Morgan fingerprint density at radius 2 is 1.83 bits per heavy atom. The van der Waals surface area contributed by atoms with Crippen molar-refractivity contribution >= 4 is 19.0 Å². The average Bonchev–Trinajstić information content (AvgIpc) is 2.95. The Bertz CT molecular complexity index is 473. The predicted molar refractivity (Wildman–Crippen MR) is 81.0 cm³/mol. The molecule has 2 heterocycles. The van der Waals surface area contributed by atoms with Gasteiger partial charge in [-0.3, -0.25) is 0 Å². The molecule has 1 aromatic rings. The molecular formula is C16H21GeN. The zero-order valence-corrected chi connectivity index (χ0v) is 13.4. The number of allylic oxidation sites excluding steroid dienone is 1. The van der Waals surface area contributed by atoms with Gasteiger partial charge in [-0.25, -0.2) is 0 Å². The first-order valence-electron chi connectivity index (χ1n) is 7.09. The van der Waals surface area contributed by atoms with Crippen LogP contribution in [0, 0.1) is 0 Å². The van der Waals surface area contributed by atoms with Crippen molar-refractivity contribution in [2.24, 2.45) is 4.99 Å². The van der Waals surface area contributed by atoms with E-state index in [0.717, 1.165) is 0 Å². The third-order valence-electron chi connectivity index (χ3n) is 4.77. The summed E-state index contributed by atoms with van der Waals surface area (Å²) in [5.41, 5.74) is 4.41. The molecule has 0 bridgehead atoms. The van der Waals surface area contributed by atoms with Crippen LogP contribution in [0.5, 0.6) is 0 Å². The Hall–Kier alpha value is -0.827. The van der Waals surface area contributed by atoms with Gasteiger partial charge in [0, 0.05) is 0 Å². The minimum absolute atomic E-state index is 0.310. The number of benzene rings is 1. The number of fused-ring (bicyclic) bond motifs is 1. The van der Waals surface area contributed by atoms with Crippen LogP contribution in [0.25, 0.3) is 0 Å². The quantitative estimate of drug-likeness (QED) is 0.723. The molecule has 94 valence electrons. The van der Waals surface area contributed by atoms with Crippen molar-refractivity contribution < 1.29 is 0 Å². The van der Waals surface area contributed by atoms with E-state index in [4.69, 9.17) is 4.99 Å². The van der Waals surface area contributed by atoms with Crippen LogP contribution in [0.3, 0.4) is 0 Å². The summed E-state index contributed by atoms with van der Waals surface area (Å²) < 4.78 is 0. The van der Waals surface area contributed by atoms with Gasteiger partial charge in [0.1, 0.15) is 0 Å². The summed E-state index contributed by atoms with van der Waals surface area (Å²) in [5, 5.41) is 5.73. The van der Waals surface area contributed by atoms with Gasteiger partial charge in [0.15, 0.2) is 0 Å². The molecule has 0 amide bonds. The molecule has 1 saturated heterocycles. The van der Waals surface area contributed by atoms with Crippen molar-refractivity contribution in [1.82, 2.24) is 0 Å². The van der Waals surface area contributed by atoms with Crippen LogP contribution in [-0.4, -0.2) is 19.0 Å². The molecule has 1 nitrogen and oxygen atoms in total. The third-order valence-corrected chi connectivity index (χ3v) is 15.7. The van der Waals surface area contributed by atoms with Crippen LogP contribution in [0.1, 0.15) is 25.5 Å². The minimum atomic E-state index is -1.53. The fourth-order valence-corrected chi connectivity index (χ4v) is 11.2. The summed E-state index contributed by atoms with van der Waals surface area (Å²) in [6.07, 6.45) is 2.43. The van der Waals surface area contributed by atoms with E-state index in [2.05, 4.69) is 50.3 Å². The van der Waals surface area contributed by atoms with Gasteiger partial charge in [0.25, 0.3) is 0 Å². The Balaban J connectivity index is 1.84. The first kappa shape index (κ1) is 12.2. The van der Waals surface area contributed by atoms with E-state index in [-0.39, 0.29) is 0 Å². The van der Waals surface area contributed by atoms with Gasteiger partial charge in [0.2, 0.25) is 0 Å². The second kappa shape index (κ2) is 4.69. The summed E-state index contributed by atoms with van der Waals surface area (Å²) >= 11 is -1.53. The van der Waals surface area contributed by atoms with Gasteiger partial charge in [-0.15, -0.1) is 0 Å². The first-order valence-corrected chi connectivity index (χ1v) is 13.0. The van der Waals surface area contributed by atoms with E-state index in [1.54, 1.807) is 5.57 Å². The van der Waals surface area contributed by atoms with Crippen molar-refractivity contribution in [2.75, 3.05) is 0 Å². The normalized spacial score (nSPS) is 24.7. The van der Waals surface area contributed by atoms with E-state index in [1.165, 1.54) is 32.3 Å². The van der Waals surface area contributed by atoms with Crippen LogP contribution in [-0.2, 0) is 0 Å². The monoisotopic (exact) mass is 301 g/mol. The van der Waals surface area contributed by atoms with Crippen molar-refractivity contribution in [3.63, 3.8) is 0 Å². The Morgan fingerprint density at radius 1 is 1.11 bits per heavy atom. The van der Waals surface area contributed by atoms with E-state index < -0.39 is 13.3 Å². The number of aliphatic imine (C=N–C) groups is 1. The molecule has 18 heavy (non-hydrogen) atoms. The Kier molecular flexibility index (Phi) is 3.18. The van der Waals surface area contributed by atoms with Gasteiger partial charge < -0.3 is 0 Å². The van der Waals surface area contributed by atoms with Crippen LogP contribution in [0.4, 0.5) is 0 Å². The predicted octanol–water partition coefficient (Wildman–Crippen LogP) is 4.61. The van der Waals surface area contributed by atoms with Crippen LogP contribution < -0.4 is 0 Å². The molecule has 1 unspecified atom stereocenters. The van der Waals surface area contributed by atoms with Gasteiger partial charge in [-0.05, 0) is 0 Å². The summed E-state index contributed by atoms with van der Waals surface area (Å²) in [5.74, 6) is 0. The van der Waals surface area contributed by atoms with E-state index in [0.29, 0.717) is 6.04 Å².